The van der Waals surface area contributed by atoms with Crippen LogP contribution in [0, 0.1) is 11.3 Å². The van der Waals surface area contributed by atoms with Gasteiger partial charge in [-0.3, -0.25) is 4.79 Å². The Morgan fingerprint density at radius 3 is 2.71 bits per heavy atom. The van der Waals surface area contributed by atoms with Crippen LogP contribution in [0.15, 0.2) is 40.7 Å². The minimum Gasteiger partial charge on any atom is -0.497 e. The number of hydrogen-bond acceptors (Lipinski definition) is 5. The van der Waals surface area contributed by atoms with Gasteiger partial charge in [0.15, 0.2) is 5.78 Å². The second-order valence-electron chi connectivity index (χ2n) is 5.99. The van der Waals surface area contributed by atoms with Crippen molar-refractivity contribution < 1.29 is 14.3 Å². The smallest absolute Gasteiger partial charge is 0.161 e. The maximum Gasteiger partial charge on any atom is 0.161 e. The molecule has 5 nitrogen and oxygen atoms in total. The van der Waals surface area contributed by atoms with Crippen molar-refractivity contribution in [2.24, 2.45) is 0 Å². The summed E-state index contributed by atoms with van der Waals surface area (Å²) >= 11 is 0. The zero-order chi connectivity index (χ0) is 17.3. The Hall–Kier alpha value is -2.74. The molecule has 1 aromatic carbocycles. The van der Waals surface area contributed by atoms with Gasteiger partial charge in [0.25, 0.3) is 0 Å². The van der Waals surface area contributed by atoms with Crippen molar-refractivity contribution in [3.05, 3.63) is 46.3 Å². The van der Waals surface area contributed by atoms with E-state index in [1.807, 2.05) is 19.1 Å². The van der Waals surface area contributed by atoms with Crippen molar-refractivity contribution in [3.63, 3.8) is 0 Å². The fourth-order valence-electron chi connectivity index (χ4n) is 3.50. The van der Waals surface area contributed by atoms with E-state index >= 15 is 0 Å². The summed E-state index contributed by atoms with van der Waals surface area (Å²) in [5.41, 5.74) is 3.82. The first-order chi connectivity index (χ1) is 11.6. The zero-order valence-electron chi connectivity index (χ0n) is 14.1. The monoisotopic (exact) mass is 324 g/mol. The number of carbonyl (C=O) groups excluding carboxylic acids is 1. The molecule has 1 aromatic rings. The molecule has 1 atom stereocenters. The van der Waals surface area contributed by atoms with Gasteiger partial charge in [-0.1, -0.05) is 6.07 Å². The molecule has 24 heavy (non-hydrogen) atoms. The maximum atomic E-state index is 12.6. The van der Waals surface area contributed by atoms with E-state index in [1.54, 1.807) is 20.3 Å². The van der Waals surface area contributed by atoms with Crippen LogP contribution in [-0.4, -0.2) is 20.0 Å². The van der Waals surface area contributed by atoms with Crippen molar-refractivity contribution >= 4 is 5.78 Å². The van der Waals surface area contributed by atoms with Gasteiger partial charge in [0.2, 0.25) is 0 Å². The number of benzene rings is 1. The van der Waals surface area contributed by atoms with E-state index in [2.05, 4.69) is 11.4 Å². The molecule has 3 rings (SSSR count). The molecule has 5 heteroatoms. The highest BCUT2D eigenvalue weighted by atomic mass is 16.5. The number of dihydropyridines is 1. The van der Waals surface area contributed by atoms with Crippen molar-refractivity contribution in [3.8, 4) is 17.6 Å². The Bertz CT molecular complexity index is 799. The minimum absolute atomic E-state index is 0.104. The SMILES string of the molecule is COc1ccc([C@H]2C(C#N)=C(C)NC3=C2C(=O)CCC3)c(OC)c1. The van der Waals surface area contributed by atoms with Crippen LogP contribution < -0.4 is 14.8 Å². The van der Waals surface area contributed by atoms with Gasteiger partial charge in [-0.15, -0.1) is 0 Å². The highest BCUT2D eigenvalue weighted by Crippen LogP contribution is 2.45. The van der Waals surface area contributed by atoms with Crippen LogP contribution in [0.1, 0.15) is 37.7 Å². The first-order valence-electron chi connectivity index (χ1n) is 7.96. The van der Waals surface area contributed by atoms with E-state index in [9.17, 15) is 10.1 Å². The molecule has 2 aliphatic rings. The number of nitrogens with one attached hydrogen (secondary N) is 1. The van der Waals surface area contributed by atoms with Crippen LogP contribution in [0.25, 0.3) is 0 Å². The summed E-state index contributed by atoms with van der Waals surface area (Å²) in [7, 11) is 3.18. The molecule has 1 heterocycles. The Kier molecular flexibility index (Phi) is 4.30. The van der Waals surface area contributed by atoms with Gasteiger partial charge < -0.3 is 14.8 Å². The molecule has 124 valence electrons. The van der Waals surface area contributed by atoms with Gasteiger partial charge >= 0.3 is 0 Å². The lowest BCUT2D eigenvalue weighted by atomic mass is 9.75. The van der Waals surface area contributed by atoms with Crippen LogP contribution >= 0.6 is 0 Å². The third kappa shape index (κ3) is 2.54. The van der Waals surface area contributed by atoms with E-state index in [-0.39, 0.29) is 11.7 Å². The van der Waals surface area contributed by atoms with Gasteiger partial charge in [-0.2, -0.15) is 5.26 Å². The van der Waals surface area contributed by atoms with Crippen molar-refractivity contribution in [2.75, 3.05) is 14.2 Å². The molecule has 0 fully saturated rings. The molecule has 0 saturated carbocycles. The number of carbonyl (C=O) groups is 1. The first-order valence-corrected chi connectivity index (χ1v) is 7.96. The van der Waals surface area contributed by atoms with E-state index in [4.69, 9.17) is 9.47 Å². The number of nitriles is 1. The Balaban J connectivity index is 2.21. The first kappa shape index (κ1) is 16.1. The van der Waals surface area contributed by atoms with Crippen LogP contribution in [0.2, 0.25) is 0 Å². The standard InChI is InChI=1S/C19H20N2O3/c1-11-14(10-20)18(19-15(21-11)5-4-6-16(19)22)13-8-7-12(23-2)9-17(13)24-3/h7-9,18,21H,4-6H2,1-3H3/t18-/m0/s1. The molecule has 0 bridgehead atoms. The fraction of sp³-hybridized carbons (Fsp3) is 0.368. The maximum absolute atomic E-state index is 12.6. The molecule has 1 aliphatic carbocycles. The summed E-state index contributed by atoms with van der Waals surface area (Å²) in [4.78, 5) is 12.6. The number of nitrogens with zero attached hydrogens (tertiary/aromatic N) is 1. The normalized spacial score (nSPS) is 20.2. The van der Waals surface area contributed by atoms with Crippen LogP contribution in [0.4, 0.5) is 0 Å². The lowest BCUT2D eigenvalue weighted by Gasteiger charge is -2.33. The van der Waals surface area contributed by atoms with Crippen LogP contribution in [0.3, 0.4) is 0 Å². The third-order valence-electron chi connectivity index (χ3n) is 4.65. The number of methoxy groups -OCH3 is 2. The van der Waals surface area contributed by atoms with Gasteiger partial charge in [-0.25, -0.2) is 0 Å². The molecular weight excluding hydrogens is 304 g/mol. The molecule has 1 N–H and O–H groups in total. The predicted molar refractivity (Wildman–Crippen MR) is 89.6 cm³/mol. The second kappa shape index (κ2) is 6.40. The lowest BCUT2D eigenvalue weighted by molar-refractivity contribution is -0.116. The van der Waals surface area contributed by atoms with E-state index < -0.39 is 0 Å². The highest BCUT2D eigenvalue weighted by molar-refractivity contribution is 6.00. The van der Waals surface area contributed by atoms with E-state index in [0.29, 0.717) is 29.1 Å². The van der Waals surface area contributed by atoms with Gasteiger partial charge in [0.1, 0.15) is 11.5 Å². The number of rotatable bonds is 3. The Labute approximate surface area is 141 Å². The van der Waals surface area contributed by atoms with E-state index in [0.717, 1.165) is 29.8 Å². The van der Waals surface area contributed by atoms with Crippen molar-refractivity contribution in [1.82, 2.24) is 5.32 Å². The van der Waals surface area contributed by atoms with Crippen molar-refractivity contribution in [2.45, 2.75) is 32.1 Å². The summed E-state index contributed by atoms with van der Waals surface area (Å²) < 4.78 is 10.8. The van der Waals surface area contributed by atoms with Gasteiger partial charge in [0, 0.05) is 35.0 Å². The average molecular weight is 324 g/mol. The lowest BCUT2D eigenvalue weighted by Crippen LogP contribution is -2.31. The van der Waals surface area contributed by atoms with Gasteiger partial charge in [0.05, 0.1) is 31.8 Å². The van der Waals surface area contributed by atoms with Crippen LogP contribution in [-0.2, 0) is 4.79 Å². The summed E-state index contributed by atoms with van der Waals surface area (Å²) in [5.74, 6) is 1.01. The number of hydrogen-bond donors (Lipinski definition) is 1. The Morgan fingerprint density at radius 2 is 2.04 bits per heavy atom. The highest BCUT2D eigenvalue weighted by Gasteiger charge is 2.37. The third-order valence-corrected chi connectivity index (χ3v) is 4.65. The molecule has 0 aromatic heterocycles. The molecule has 0 spiro atoms. The number of ether oxygens (including phenoxy) is 2. The van der Waals surface area contributed by atoms with E-state index in [1.165, 1.54) is 0 Å². The topological polar surface area (TPSA) is 71.3 Å². The summed E-state index contributed by atoms with van der Waals surface area (Å²) in [5, 5.41) is 12.9. The molecule has 0 radical (unpaired) electrons. The molecule has 0 amide bonds. The molecule has 1 aliphatic heterocycles. The Morgan fingerprint density at radius 1 is 1.25 bits per heavy atom. The van der Waals surface area contributed by atoms with Crippen molar-refractivity contribution in [1.29, 1.82) is 5.26 Å². The number of ketones is 1. The zero-order valence-corrected chi connectivity index (χ0v) is 14.1. The minimum atomic E-state index is -0.389. The largest absolute Gasteiger partial charge is 0.497 e. The van der Waals surface area contributed by atoms with Crippen LogP contribution in [0.5, 0.6) is 11.5 Å². The number of Topliss-reactive ketones (excluding diaryl/α,β-unsaturated/α-hetero) is 1. The summed E-state index contributed by atoms with van der Waals surface area (Å²) in [6, 6.07) is 7.78. The molecule has 0 unspecified atom stereocenters. The number of allylic oxidation sites excluding steroid dienone is 4. The second-order valence-corrected chi connectivity index (χ2v) is 5.99. The summed E-state index contributed by atoms with van der Waals surface area (Å²) in [6.07, 6.45) is 2.19. The predicted octanol–water partition coefficient (Wildman–Crippen LogP) is 3.20. The summed E-state index contributed by atoms with van der Waals surface area (Å²) in [6.45, 7) is 1.88. The van der Waals surface area contributed by atoms with Gasteiger partial charge in [-0.05, 0) is 25.8 Å². The average Bonchev–Trinajstić information content (AvgIpc) is 2.60. The quantitative estimate of drug-likeness (QED) is 0.924. The molecule has 0 saturated heterocycles. The fourth-order valence-corrected chi connectivity index (χ4v) is 3.50. The molecular formula is C19H20N2O3.